The predicted molar refractivity (Wildman–Crippen MR) is 175 cm³/mol. The van der Waals surface area contributed by atoms with Crippen LogP contribution >= 0.6 is 0 Å². The topological polar surface area (TPSA) is 38.3 Å². The molecule has 0 saturated heterocycles. The molecule has 0 unspecified atom stereocenters. The third-order valence-electron chi connectivity index (χ3n) is 8.88. The van der Waals surface area contributed by atoms with Gasteiger partial charge in [-0.1, -0.05) is 101 Å². The van der Waals surface area contributed by atoms with Crippen LogP contribution < -0.4 is 10.1 Å². The summed E-state index contributed by atoms with van der Waals surface area (Å²) in [5.74, 6) is 0.820. The molecular formula is C37H55N2O2+. The van der Waals surface area contributed by atoms with Crippen LogP contribution in [0.1, 0.15) is 109 Å². The highest BCUT2D eigenvalue weighted by Crippen LogP contribution is 2.30. The molecule has 1 aliphatic heterocycles. The second kappa shape index (κ2) is 17.9. The number of nitrogens with zero attached hydrogens (tertiary/aromatic N) is 1. The van der Waals surface area contributed by atoms with Gasteiger partial charge in [0.25, 0.3) is 5.91 Å². The number of hydrogen-bond acceptors (Lipinski definition) is 2. The quantitative estimate of drug-likeness (QED) is 0.130. The molecule has 1 aliphatic rings. The number of amides is 1. The van der Waals surface area contributed by atoms with Gasteiger partial charge in [0.15, 0.2) is 0 Å². The van der Waals surface area contributed by atoms with Gasteiger partial charge >= 0.3 is 0 Å². The summed E-state index contributed by atoms with van der Waals surface area (Å²) >= 11 is 0. The number of quaternary nitrogens is 1. The van der Waals surface area contributed by atoms with E-state index in [2.05, 4.69) is 26.1 Å². The van der Waals surface area contributed by atoms with Crippen molar-refractivity contribution in [3.05, 3.63) is 77.0 Å². The molecule has 1 N–H and O–H groups in total. The lowest BCUT2D eigenvalue weighted by atomic mass is 10.0. The van der Waals surface area contributed by atoms with E-state index < -0.39 is 0 Å². The van der Waals surface area contributed by atoms with Crippen molar-refractivity contribution in [2.45, 2.75) is 98.3 Å². The first-order chi connectivity index (χ1) is 20.0. The molecule has 4 heteroatoms. The molecule has 0 radical (unpaired) electrons. The Morgan fingerprint density at radius 3 is 1.93 bits per heavy atom. The van der Waals surface area contributed by atoms with Crippen molar-refractivity contribution in [3.8, 4) is 5.75 Å². The van der Waals surface area contributed by atoms with Gasteiger partial charge in [-0.25, -0.2) is 0 Å². The smallest absolute Gasteiger partial charge is 0.256 e. The van der Waals surface area contributed by atoms with Gasteiger partial charge in [0, 0.05) is 12.1 Å². The SMILES string of the molecule is CCCCCCCCCCCC[N+](CC)(CC)CCCOc1ccc(C2=C(C)/C(=C/c3ccccc3)NC2=O)cc1. The van der Waals surface area contributed by atoms with Gasteiger partial charge < -0.3 is 14.5 Å². The number of nitrogens with one attached hydrogen (secondary N) is 1. The molecule has 0 fully saturated rings. The lowest BCUT2D eigenvalue weighted by Crippen LogP contribution is -2.49. The number of carbonyl (C=O) groups excluding carboxylic acids is 1. The normalized spacial score (nSPS) is 14.6. The van der Waals surface area contributed by atoms with E-state index in [1.165, 1.54) is 94.9 Å². The van der Waals surface area contributed by atoms with Crippen LogP contribution in [0.25, 0.3) is 11.6 Å². The minimum absolute atomic E-state index is 0.0472. The van der Waals surface area contributed by atoms with E-state index in [0.717, 1.165) is 46.7 Å². The van der Waals surface area contributed by atoms with Crippen LogP contribution in [0.5, 0.6) is 5.75 Å². The second-order valence-corrected chi connectivity index (χ2v) is 11.8. The zero-order valence-electron chi connectivity index (χ0n) is 26.4. The molecule has 2 aromatic carbocycles. The second-order valence-electron chi connectivity index (χ2n) is 11.8. The van der Waals surface area contributed by atoms with Crippen molar-refractivity contribution in [2.24, 2.45) is 0 Å². The number of rotatable bonds is 20. The van der Waals surface area contributed by atoms with Gasteiger partial charge in [-0.3, -0.25) is 4.79 Å². The lowest BCUT2D eigenvalue weighted by Gasteiger charge is -2.37. The van der Waals surface area contributed by atoms with Gasteiger partial charge in [-0.2, -0.15) is 0 Å². The van der Waals surface area contributed by atoms with Crippen molar-refractivity contribution < 1.29 is 14.0 Å². The molecule has 0 spiro atoms. The van der Waals surface area contributed by atoms with Gasteiger partial charge in [-0.05, 0) is 68.5 Å². The standard InChI is InChI=1S/C37H54N2O2/c1-5-8-9-10-11-12-13-14-15-19-27-39(6-2,7-3)28-20-29-41-34-25-23-33(24-26-34)36-31(4)35(38-37(36)40)30-32-21-17-16-18-22-32/h16-18,21-26,30H,5-15,19-20,27-29H2,1-4H3/p+1/b35-30-. The summed E-state index contributed by atoms with van der Waals surface area (Å²) in [6.45, 7) is 14.6. The fourth-order valence-electron chi connectivity index (χ4n) is 6.00. The highest BCUT2D eigenvalue weighted by molar-refractivity contribution is 6.25. The first kappa shape index (κ1) is 32.7. The zero-order chi connectivity index (χ0) is 29.3. The van der Waals surface area contributed by atoms with Gasteiger partial charge in [0.2, 0.25) is 0 Å². The van der Waals surface area contributed by atoms with Crippen molar-refractivity contribution in [3.63, 3.8) is 0 Å². The highest BCUT2D eigenvalue weighted by atomic mass is 16.5. The maximum absolute atomic E-state index is 12.8. The summed E-state index contributed by atoms with van der Waals surface area (Å²) in [7, 11) is 0. The van der Waals surface area contributed by atoms with Gasteiger partial charge in [-0.15, -0.1) is 0 Å². The third kappa shape index (κ3) is 10.5. The Labute approximate surface area is 250 Å². The Kier molecular flexibility index (Phi) is 14.2. The van der Waals surface area contributed by atoms with Crippen LogP contribution in [0.15, 0.2) is 65.9 Å². The molecule has 0 aromatic heterocycles. The van der Waals surface area contributed by atoms with Gasteiger partial charge in [0.1, 0.15) is 5.75 Å². The fraction of sp³-hybridized carbons (Fsp3) is 0.541. The fourth-order valence-corrected chi connectivity index (χ4v) is 6.00. The molecule has 2 aromatic rings. The van der Waals surface area contributed by atoms with Crippen molar-refractivity contribution in [1.29, 1.82) is 0 Å². The Morgan fingerprint density at radius 1 is 0.732 bits per heavy atom. The summed E-state index contributed by atoms with van der Waals surface area (Å²) < 4.78 is 7.32. The number of allylic oxidation sites excluding steroid dienone is 1. The molecule has 3 rings (SSSR count). The average Bonchev–Trinajstić information content (AvgIpc) is 3.28. The van der Waals surface area contributed by atoms with Crippen molar-refractivity contribution in [1.82, 2.24) is 5.32 Å². The van der Waals surface area contributed by atoms with Crippen LogP contribution in [0.2, 0.25) is 0 Å². The number of benzene rings is 2. The summed E-state index contributed by atoms with van der Waals surface area (Å²) in [5, 5.41) is 3.03. The monoisotopic (exact) mass is 559 g/mol. The molecule has 1 heterocycles. The number of ether oxygens (including phenoxy) is 1. The lowest BCUT2D eigenvalue weighted by molar-refractivity contribution is -0.925. The molecule has 0 saturated carbocycles. The van der Waals surface area contributed by atoms with Crippen LogP contribution in [-0.2, 0) is 4.79 Å². The largest absolute Gasteiger partial charge is 0.493 e. The van der Waals surface area contributed by atoms with E-state index in [0.29, 0.717) is 0 Å². The van der Waals surface area contributed by atoms with E-state index in [-0.39, 0.29) is 5.91 Å². The molecule has 224 valence electrons. The molecule has 0 bridgehead atoms. The molecular weight excluding hydrogens is 504 g/mol. The van der Waals surface area contributed by atoms with Gasteiger partial charge in [0.05, 0.1) is 38.4 Å². The Bertz CT molecular complexity index is 1100. The average molecular weight is 560 g/mol. The van der Waals surface area contributed by atoms with Crippen LogP contribution in [0.3, 0.4) is 0 Å². The van der Waals surface area contributed by atoms with E-state index in [1.807, 2.05) is 67.6 Å². The van der Waals surface area contributed by atoms with E-state index in [4.69, 9.17) is 4.74 Å². The third-order valence-corrected chi connectivity index (χ3v) is 8.88. The number of hydrogen-bond donors (Lipinski definition) is 1. The first-order valence-corrected chi connectivity index (χ1v) is 16.4. The Balaban J connectivity index is 1.41. The summed E-state index contributed by atoms with van der Waals surface area (Å²) in [4.78, 5) is 12.8. The van der Waals surface area contributed by atoms with Crippen LogP contribution in [0.4, 0.5) is 0 Å². The summed E-state index contributed by atoms with van der Waals surface area (Å²) in [6, 6.07) is 18.1. The van der Waals surface area contributed by atoms with Crippen LogP contribution in [0, 0.1) is 0 Å². The van der Waals surface area contributed by atoms with Crippen molar-refractivity contribution in [2.75, 3.05) is 32.8 Å². The van der Waals surface area contributed by atoms with Crippen LogP contribution in [-0.4, -0.2) is 43.2 Å². The molecule has 0 aliphatic carbocycles. The zero-order valence-corrected chi connectivity index (χ0v) is 26.4. The van der Waals surface area contributed by atoms with E-state index >= 15 is 0 Å². The minimum Gasteiger partial charge on any atom is -0.493 e. The summed E-state index contributed by atoms with van der Waals surface area (Å²) in [5.41, 5.74) is 4.57. The number of carbonyl (C=O) groups is 1. The molecule has 4 nitrogen and oxygen atoms in total. The number of unbranched alkanes of at least 4 members (excludes halogenated alkanes) is 9. The maximum Gasteiger partial charge on any atom is 0.256 e. The highest BCUT2D eigenvalue weighted by Gasteiger charge is 2.25. The predicted octanol–water partition coefficient (Wildman–Crippen LogP) is 9.18. The molecule has 0 atom stereocenters. The summed E-state index contributed by atoms with van der Waals surface area (Å²) in [6.07, 6.45) is 17.0. The maximum atomic E-state index is 12.8. The van der Waals surface area contributed by atoms with E-state index in [1.54, 1.807) is 0 Å². The first-order valence-electron chi connectivity index (χ1n) is 16.4. The van der Waals surface area contributed by atoms with Crippen molar-refractivity contribution >= 4 is 17.6 Å². The minimum atomic E-state index is -0.0472. The Morgan fingerprint density at radius 2 is 1.32 bits per heavy atom. The molecule has 41 heavy (non-hydrogen) atoms. The molecule has 1 amide bonds. The Hall–Kier alpha value is -2.85. The van der Waals surface area contributed by atoms with E-state index in [9.17, 15) is 4.79 Å².